The van der Waals surface area contributed by atoms with E-state index in [0.717, 1.165) is 35.2 Å². The third-order valence-corrected chi connectivity index (χ3v) is 5.21. The van der Waals surface area contributed by atoms with Crippen LogP contribution in [-0.2, 0) is 10.3 Å². The lowest BCUT2D eigenvalue weighted by Crippen LogP contribution is -2.41. The van der Waals surface area contributed by atoms with Gasteiger partial charge in [0.15, 0.2) is 17.6 Å². The SMILES string of the molecule is CN1C(=O)C(c2cc(F)c(F)c(-c3ccc(F)cc3)c2)(c2cccc(C(F)F)n2)N=C1N. The van der Waals surface area contributed by atoms with E-state index in [-0.39, 0.29) is 28.3 Å². The van der Waals surface area contributed by atoms with Crippen molar-refractivity contribution in [3.8, 4) is 11.1 Å². The maximum absolute atomic E-state index is 14.7. The molecule has 0 fully saturated rings. The van der Waals surface area contributed by atoms with Crippen LogP contribution in [0.1, 0.15) is 23.4 Å². The minimum absolute atomic E-state index is 0.129. The number of nitrogens with two attached hydrogens (primary N) is 1. The van der Waals surface area contributed by atoms with Crippen molar-refractivity contribution in [1.29, 1.82) is 0 Å². The first-order chi connectivity index (χ1) is 15.1. The van der Waals surface area contributed by atoms with Crippen LogP contribution in [-0.4, -0.2) is 28.8 Å². The molecule has 2 aromatic carbocycles. The molecule has 3 aromatic rings. The lowest BCUT2D eigenvalue weighted by molar-refractivity contribution is -0.129. The molecular weight excluding hydrogens is 431 g/mol. The Kier molecular flexibility index (Phi) is 5.15. The van der Waals surface area contributed by atoms with E-state index < -0.39 is 41.0 Å². The van der Waals surface area contributed by atoms with E-state index in [9.17, 15) is 26.7 Å². The van der Waals surface area contributed by atoms with E-state index in [1.165, 1.54) is 31.3 Å². The number of amides is 1. The van der Waals surface area contributed by atoms with Crippen molar-refractivity contribution in [2.24, 2.45) is 10.7 Å². The van der Waals surface area contributed by atoms with Crippen molar-refractivity contribution in [3.63, 3.8) is 0 Å². The highest BCUT2D eigenvalue weighted by molar-refractivity contribution is 6.08. The molecule has 1 aromatic heterocycles. The van der Waals surface area contributed by atoms with Crippen LogP contribution in [0.2, 0.25) is 0 Å². The highest BCUT2D eigenvalue weighted by Crippen LogP contribution is 2.41. The Bertz CT molecular complexity index is 1250. The van der Waals surface area contributed by atoms with Gasteiger partial charge >= 0.3 is 0 Å². The molecule has 0 saturated carbocycles. The van der Waals surface area contributed by atoms with Crippen LogP contribution in [0.15, 0.2) is 59.6 Å². The number of rotatable bonds is 4. The van der Waals surface area contributed by atoms with Crippen molar-refractivity contribution < 1.29 is 26.7 Å². The van der Waals surface area contributed by atoms with E-state index >= 15 is 0 Å². The number of alkyl halides is 2. The molecule has 0 saturated heterocycles. The zero-order chi connectivity index (χ0) is 23.2. The Morgan fingerprint density at radius 2 is 1.72 bits per heavy atom. The van der Waals surface area contributed by atoms with Gasteiger partial charge in [0.25, 0.3) is 12.3 Å². The van der Waals surface area contributed by atoms with Crippen LogP contribution in [0.4, 0.5) is 22.0 Å². The summed E-state index contributed by atoms with van der Waals surface area (Å²) in [6.07, 6.45) is -2.94. The van der Waals surface area contributed by atoms with Gasteiger partial charge < -0.3 is 5.73 Å². The molecule has 0 aliphatic carbocycles. The average Bonchev–Trinajstić information content (AvgIpc) is 3.01. The minimum atomic E-state index is -2.94. The first kappa shape index (κ1) is 21.4. The molecule has 2 heterocycles. The summed E-state index contributed by atoms with van der Waals surface area (Å²) in [6, 6.07) is 10.1. The number of carbonyl (C=O) groups is 1. The van der Waals surface area contributed by atoms with E-state index in [1.807, 2.05) is 0 Å². The second kappa shape index (κ2) is 7.70. The van der Waals surface area contributed by atoms with Gasteiger partial charge in [-0.05, 0) is 47.5 Å². The Balaban J connectivity index is 2.01. The number of likely N-dealkylation sites (N-methyl/N-ethyl adjacent to an activating group) is 1. The normalized spacial score (nSPS) is 18.4. The van der Waals surface area contributed by atoms with Crippen molar-refractivity contribution in [2.75, 3.05) is 7.05 Å². The molecule has 0 spiro atoms. The Labute approximate surface area is 179 Å². The van der Waals surface area contributed by atoms with E-state index in [2.05, 4.69) is 9.98 Å². The standard InChI is InChI=1S/C22H15F5N4O/c1-31-20(32)22(30-21(31)28,17-4-2-3-16(29-17)19(26)27)12-9-14(18(25)15(24)10-12)11-5-7-13(23)8-6-11/h2-10,19H,1H3,(H2,28,30). The largest absolute Gasteiger partial charge is 0.369 e. The number of carbonyl (C=O) groups excluding carboxylic acids is 1. The van der Waals surface area contributed by atoms with Gasteiger partial charge in [0.2, 0.25) is 5.54 Å². The number of aliphatic imine (C=N–C) groups is 1. The molecule has 1 amide bonds. The number of pyridine rings is 1. The molecule has 1 aliphatic heterocycles. The number of hydrogen-bond acceptors (Lipinski definition) is 4. The molecular formula is C22H15F5N4O. The Morgan fingerprint density at radius 3 is 2.31 bits per heavy atom. The second-order valence-corrected chi connectivity index (χ2v) is 7.12. The first-order valence-corrected chi connectivity index (χ1v) is 9.29. The third kappa shape index (κ3) is 3.28. The molecule has 4 rings (SSSR count). The Morgan fingerprint density at radius 1 is 1.03 bits per heavy atom. The van der Waals surface area contributed by atoms with E-state index in [4.69, 9.17) is 5.73 Å². The lowest BCUT2D eigenvalue weighted by atomic mass is 9.84. The highest BCUT2D eigenvalue weighted by atomic mass is 19.3. The van der Waals surface area contributed by atoms with Gasteiger partial charge in [-0.15, -0.1) is 0 Å². The molecule has 2 N–H and O–H groups in total. The molecule has 10 heteroatoms. The van der Waals surface area contributed by atoms with Gasteiger partial charge in [-0.3, -0.25) is 9.69 Å². The fourth-order valence-electron chi connectivity index (χ4n) is 3.56. The predicted octanol–water partition coefficient (Wildman–Crippen LogP) is 4.13. The summed E-state index contributed by atoms with van der Waals surface area (Å²) in [7, 11) is 1.31. The summed E-state index contributed by atoms with van der Waals surface area (Å²) in [6.45, 7) is 0. The highest BCUT2D eigenvalue weighted by Gasteiger charge is 2.51. The number of aromatic nitrogens is 1. The zero-order valence-corrected chi connectivity index (χ0v) is 16.5. The van der Waals surface area contributed by atoms with Crippen LogP contribution in [0.3, 0.4) is 0 Å². The molecule has 164 valence electrons. The topological polar surface area (TPSA) is 71.6 Å². The molecule has 1 unspecified atom stereocenters. The van der Waals surface area contributed by atoms with Crippen LogP contribution in [0.5, 0.6) is 0 Å². The monoisotopic (exact) mass is 446 g/mol. The van der Waals surface area contributed by atoms with Gasteiger partial charge in [-0.25, -0.2) is 31.9 Å². The average molecular weight is 446 g/mol. The number of guanidine groups is 1. The smallest absolute Gasteiger partial charge is 0.280 e. The summed E-state index contributed by atoms with van der Waals surface area (Å²) in [4.78, 5) is 22.2. The van der Waals surface area contributed by atoms with Gasteiger partial charge in [-0.1, -0.05) is 18.2 Å². The lowest BCUT2D eigenvalue weighted by Gasteiger charge is -2.26. The van der Waals surface area contributed by atoms with E-state index in [0.29, 0.717) is 0 Å². The predicted molar refractivity (Wildman–Crippen MR) is 106 cm³/mol. The van der Waals surface area contributed by atoms with E-state index in [1.54, 1.807) is 0 Å². The van der Waals surface area contributed by atoms with Gasteiger partial charge in [0, 0.05) is 12.6 Å². The summed E-state index contributed by atoms with van der Waals surface area (Å²) in [5, 5.41) is 0. The number of benzene rings is 2. The van der Waals surface area contributed by atoms with Gasteiger partial charge in [0.1, 0.15) is 11.5 Å². The fourth-order valence-corrected chi connectivity index (χ4v) is 3.56. The summed E-state index contributed by atoms with van der Waals surface area (Å²) in [5.41, 5.74) is 2.52. The number of hydrogen-bond donors (Lipinski definition) is 1. The molecule has 32 heavy (non-hydrogen) atoms. The van der Waals surface area contributed by atoms with Crippen LogP contribution in [0, 0.1) is 17.5 Å². The second-order valence-electron chi connectivity index (χ2n) is 7.12. The van der Waals surface area contributed by atoms with Crippen LogP contribution < -0.4 is 5.73 Å². The molecule has 5 nitrogen and oxygen atoms in total. The van der Waals surface area contributed by atoms with Gasteiger partial charge in [-0.2, -0.15) is 0 Å². The van der Waals surface area contributed by atoms with Gasteiger partial charge in [0.05, 0.1) is 5.69 Å². The molecule has 0 radical (unpaired) electrons. The van der Waals surface area contributed by atoms with Crippen molar-refractivity contribution in [1.82, 2.24) is 9.88 Å². The Hall–Kier alpha value is -3.82. The van der Waals surface area contributed by atoms with Crippen molar-refractivity contribution in [2.45, 2.75) is 12.0 Å². The molecule has 0 bridgehead atoms. The maximum atomic E-state index is 14.7. The third-order valence-electron chi connectivity index (χ3n) is 5.21. The molecule has 1 aliphatic rings. The summed E-state index contributed by atoms with van der Waals surface area (Å²) in [5.74, 6) is -4.18. The summed E-state index contributed by atoms with van der Waals surface area (Å²) >= 11 is 0. The maximum Gasteiger partial charge on any atom is 0.280 e. The zero-order valence-electron chi connectivity index (χ0n) is 16.5. The van der Waals surface area contributed by atoms with Crippen LogP contribution >= 0.6 is 0 Å². The quantitative estimate of drug-likeness (QED) is 0.613. The number of nitrogens with zero attached hydrogens (tertiary/aromatic N) is 3. The van der Waals surface area contributed by atoms with Crippen molar-refractivity contribution >= 4 is 11.9 Å². The first-order valence-electron chi connectivity index (χ1n) is 9.29. The van der Waals surface area contributed by atoms with Crippen molar-refractivity contribution in [3.05, 3.63) is 89.0 Å². The minimum Gasteiger partial charge on any atom is -0.369 e. The fraction of sp³-hybridized carbons (Fsp3) is 0.136. The number of halogens is 5. The van der Waals surface area contributed by atoms with Crippen LogP contribution in [0.25, 0.3) is 11.1 Å². The molecule has 1 atom stereocenters. The summed E-state index contributed by atoms with van der Waals surface area (Å²) < 4.78 is 69.2.